The molecule has 66 valence electrons. The molecule has 4 nitrogen and oxygen atoms in total. The standard InChI is InChI=1S/C8H13N2O2/c1-6(2)10-4-7(9-5-10)8(11)12-3/h4-7H,1-3H3/q+1. The maximum absolute atomic E-state index is 11.0. The quantitative estimate of drug-likeness (QED) is 0.433. The van der Waals surface area contributed by atoms with Crippen LogP contribution < -0.4 is 0 Å². The third kappa shape index (κ3) is 1.69. The van der Waals surface area contributed by atoms with Gasteiger partial charge in [0, 0.05) is 0 Å². The number of carbonyl (C=O) groups excluding carboxylic acids is 1. The molecular formula is C8H13N2O2+. The van der Waals surface area contributed by atoms with Gasteiger partial charge in [0.15, 0.2) is 0 Å². The lowest BCUT2D eigenvalue weighted by Crippen LogP contribution is -2.23. The number of rotatable bonds is 2. The van der Waals surface area contributed by atoms with Crippen LogP contribution in [0.4, 0.5) is 0 Å². The van der Waals surface area contributed by atoms with Crippen LogP contribution in [0.2, 0.25) is 0 Å². The minimum atomic E-state index is -0.447. The van der Waals surface area contributed by atoms with E-state index in [4.69, 9.17) is 0 Å². The minimum Gasteiger partial charge on any atom is -0.465 e. The number of methoxy groups -OCH3 is 1. The van der Waals surface area contributed by atoms with Crippen molar-refractivity contribution in [3.8, 4) is 0 Å². The van der Waals surface area contributed by atoms with Crippen molar-refractivity contribution in [2.75, 3.05) is 7.11 Å². The second kappa shape index (κ2) is 3.47. The normalized spacial score (nSPS) is 21.3. The van der Waals surface area contributed by atoms with Gasteiger partial charge < -0.3 is 4.74 Å². The van der Waals surface area contributed by atoms with Crippen LogP contribution >= 0.6 is 0 Å². The first kappa shape index (κ1) is 8.90. The Labute approximate surface area is 71.6 Å². The van der Waals surface area contributed by atoms with Crippen molar-refractivity contribution in [1.82, 2.24) is 0 Å². The molecule has 0 saturated heterocycles. The van der Waals surface area contributed by atoms with Crippen molar-refractivity contribution in [2.24, 2.45) is 4.99 Å². The van der Waals surface area contributed by atoms with Gasteiger partial charge in [0.25, 0.3) is 12.4 Å². The van der Waals surface area contributed by atoms with Crippen molar-refractivity contribution in [2.45, 2.75) is 25.9 Å². The van der Waals surface area contributed by atoms with Gasteiger partial charge in [-0.1, -0.05) is 4.99 Å². The van der Waals surface area contributed by atoms with E-state index in [9.17, 15) is 4.79 Å². The van der Waals surface area contributed by atoms with Crippen molar-refractivity contribution in [1.29, 1.82) is 0 Å². The summed E-state index contributed by atoms with van der Waals surface area (Å²) >= 11 is 0. The molecule has 0 saturated carbocycles. The first-order valence-electron chi connectivity index (χ1n) is 3.88. The van der Waals surface area contributed by atoms with Gasteiger partial charge in [-0.2, -0.15) is 0 Å². The smallest absolute Gasteiger partial charge is 0.363 e. The van der Waals surface area contributed by atoms with Crippen LogP contribution in [0.3, 0.4) is 0 Å². The van der Waals surface area contributed by atoms with Crippen molar-refractivity contribution >= 4 is 18.5 Å². The van der Waals surface area contributed by atoms with Crippen LogP contribution in [-0.4, -0.2) is 42.3 Å². The van der Waals surface area contributed by atoms with E-state index in [0.717, 1.165) is 0 Å². The Morgan fingerprint density at radius 2 is 2.33 bits per heavy atom. The summed E-state index contributed by atoms with van der Waals surface area (Å²) in [6.07, 6.45) is 3.42. The summed E-state index contributed by atoms with van der Waals surface area (Å²) in [6.45, 7) is 4.06. The van der Waals surface area contributed by atoms with Crippen molar-refractivity contribution < 1.29 is 14.1 Å². The molecule has 0 amide bonds. The van der Waals surface area contributed by atoms with E-state index in [0.29, 0.717) is 6.04 Å². The highest BCUT2D eigenvalue weighted by molar-refractivity contribution is 5.96. The zero-order valence-corrected chi connectivity index (χ0v) is 7.52. The molecule has 1 unspecified atom stereocenters. The Balaban J connectivity index is 2.66. The van der Waals surface area contributed by atoms with Gasteiger partial charge in [0.1, 0.15) is 6.21 Å². The fraction of sp³-hybridized carbons (Fsp3) is 0.625. The molecular weight excluding hydrogens is 156 g/mol. The lowest BCUT2D eigenvalue weighted by atomic mass is 10.3. The Morgan fingerprint density at radius 3 is 2.75 bits per heavy atom. The molecule has 0 aromatic heterocycles. The SMILES string of the molecule is COC(=O)C1C=[N+](C(C)C)C=N1. The van der Waals surface area contributed by atoms with Gasteiger partial charge in [0.2, 0.25) is 0 Å². The second-order valence-corrected chi connectivity index (χ2v) is 2.92. The molecule has 4 heteroatoms. The lowest BCUT2D eigenvalue weighted by Gasteiger charge is -1.99. The number of nitrogens with zero attached hydrogens (tertiary/aromatic N) is 2. The monoisotopic (exact) mass is 169 g/mol. The van der Waals surface area contributed by atoms with E-state index in [-0.39, 0.29) is 5.97 Å². The summed E-state index contributed by atoms with van der Waals surface area (Å²) in [5, 5.41) is 0. The van der Waals surface area contributed by atoms with Gasteiger partial charge in [0.05, 0.1) is 13.2 Å². The molecule has 0 aliphatic carbocycles. The van der Waals surface area contributed by atoms with Crippen LogP contribution in [0.1, 0.15) is 13.8 Å². The Kier molecular flexibility index (Phi) is 2.58. The zero-order valence-electron chi connectivity index (χ0n) is 7.52. The van der Waals surface area contributed by atoms with Crippen LogP contribution in [0.15, 0.2) is 4.99 Å². The summed E-state index contributed by atoms with van der Waals surface area (Å²) < 4.78 is 6.44. The molecule has 0 N–H and O–H groups in total. The maximum atomic E-state index is 11.0. The molecule has 1 aliphatic rings. The molecule has 0 aromatic carbocycles. The van der Waals surface area contributed by atoms with E-state index in [1.54, 1.807) is 12.6 Å². The molecule has 12 heavy (non-hydrogen) atoms. The number of carbonyl (C=O) groups is 1. The van der Waals surface area contributed by atoms with Crippen molar-refractivity contribution in [3.05, 3.63) is 0 Å². The van der Waals surface area contributed by atoms with E-state index < -0.39 is 6.04 Å². The molecule has 0 bridgehead atoms. The molecule has 0 aromatic rings. The van der Waals surface area contributed by atoms with Crippen molar-refractivity contribution in [3.63, 3.8) is 0 Å². The summed E-state index contributed by atoms with van der Waals surface area (Å²) in [4.78, 5) is 15.0. The Morgan fingerprint density at radius 1 is 1.67 bits per heavy atom. The van der Waals surface area contributed by atoms with Crippen LogP contribution in [0.5, 0.6) is 0 Å². The highest BCUT2D eigenvalue weighted by atomic mass is 16.5. The maximum Gasteiger partial charge on any atom is 0.363 e. The van der Waals surface area contributed by atoms with Gasteiger partial charge >= 0.3 is 5.97 Å². The summed E-state index contributed by atoms with van der Waals surface area (Å²) in [7, 11) is 1.36. The van der Waals surface area contributed by atoms with Gasteiger partial charge in [-0.05, 0) is 13.8 Å². The Bertz CT molecular complexity index is 243. The molecule has 1 atom stereocenters. The van der Waals surface area contributed by atoms with Gasteiger partial charge in [-0.3, -0.25) is 0 Å². The lowest BCUT2D eigenvalue weighted by molar-refractivity contribution is -0.428. The molecule has 1 aliphatic heterocycles. The largest absolute Gasteiger partial charge is 0.465 e. The predicted molar refractivity (Wildman–Crippen MR) is 45.8 cm³/mol. The van der Waals surface area contributed by atoms with E-state index in [1.165, 1.54) is 7.11 Å². The number of hydrogen-bond donors (Lipinski definition) is 0. The molecule has 0 radical (unpaired) electrons. The first-order valence-corrected chi connectivity index (χ1v) is 3.88. The zero-order chi connectivity index (χ0) is 9.14. The topological polar surface area (TPSA) is 41.7 Å². The third-order valence-electron chi connectivity index (χ3n) is 1.71. The molecule has 0 spiro atoms. The molecule has 0 fully saturated rings. The van der Waals surface area contributed by atoms with E-state index in [1.807, 2.05) is 18.4 Å². The fourth-order valence-corrected chi connectivity index (χ4v) is 0.937. The first-order chi connectivity index (χ1) is 5.65. The van der Waals surface area contributed by atoms with Gasteiger partial charge in [-0.25, -0.2) is 9.37 Å². The minimum absolute atomic E-state index is 0.311. The molecule has 1 rings (SSSR count). The Hall–Kier alpha value is -1.19. The number of ether oxygens (including phenoxy) is 1. The third-order valence-corrected chi connectivity index (χ3v) is 1.71. The second-order valence-electron chi connectivity index (χ2n) is 2.92. The van der Waals surface area contributed by atoms with Gasteiger partial charge in [-0.15, -0.1) is 0 Å². The van der Waals surface area contributed by atoms with E-state index >= 15 is 0 Å². The summed E-state index contributed by atoms with van der Waals surface area (Å²) in [6, 6.07) is -0.110. The van der Waals surface area contributed by atoms with Crippen LogP contribution in [-0.2, 0) is 9.53 Å². The highest BCUT2D eigenvalue weighted by Gasteiger charge is 2.28. The fourth-order valence-electron chi connectivity index (χ4n) is 0.937. The van der Waals surface area contributed by atoms with Crippen LogP contribution in [0, 0.1) is 0 Å². The summed E-state index contributed by atoms with van der Waals surface area (Å²) in [5.41, 5.74) is 0. The number of hydrogen-bond acceptors (Lipinski definition) is 3. The highest BCUT2D eigenvalue weighted by Crippen LogP contribution is 1.99. The predicted octanol–water partition coefficient (Wildman–Crippen LogP) is 0.0616. The number of esters is 1. The molecule has 1 heterocycles. The average Bonchev–Trinajstić information content (AvgIpc) is 2.51. The van der Waals surface area contributed by atoms with E-state index in [2.05, 4.69) is 9.73 Å². The van der Waals surface area contributed by atoms with Crippen LogP contribution in [0.25, 0.3) is 0 Å². The number of aliphatic imine (C=N–C) groups is 1. The average molecular weight is 169 g/mol. The summed E-state index contributed by atoms with van der Waals surface area (Å²) in [5.74, 6) is -0.311.